The molecule has 0 aromatic heterocycles. The van der Waals surface area contributed by atoms with Crippen LogP contribution >= 0.6 is 0 Å². The molecule has 0 aliphatic carbocycles. The van der Waals surface area contributed by atoms with Gasteiger partial charge in [0.1, 0.15) is 11.2 Å². The Morgan fingerprint density at radius 3 is 2.19 bits per heavy atom. The van der Waals surface area contributed by atoms with Gasteiger partial charge in [-0.25, -0.2) is 9.59 Å². The largest absolute Gasteiger partial charge is 0.444 e. The fourth-order valence-electron chi connectivity index (χ4n) is 6.37. The number of anilines is 1. The maximum Gasteiger partial charge on any atom is 0.414 e. The standard InChI is InChI=1S/C33H51N3O7/c1-8-40-17-18-41-25-19-24(35(21-25)30(38)42-32(2,3)4)20-29(37)34-15-13-23(14-16-34)27-22-36(31(39)43-33(5,6)7)28-12-10-9-11-26(27)28/h9-12,23-25,27H,8,13-22H2,1-7H3/t24-,25+,27?/m0/s1. The zero-order valence-corrected chi connectivity index (χ0v) is 27.1. The van der Waals surface area contributed by atoms with Crippen LogP contribution in [0.15, 0.2) is 24.3 Å². The summed E-state index contributed by atoms with van der Waals surface area (Å²) in [5.41, 5.74) is 0.901. The molecule has 0 radical (unpaired) electrons. The van der Waals surface area contributed by atoms with Gasteiger partial charge in [-0.3, -0.25) is 9.69 Å². The van der Waals surface area contributed by atoms with Crippen molar-refractivity contribution in [2.45, 2.75) is 103 Å². The summed E-state index contributed by atoms with van der Waals surface area (Å²) in [5, 5.41) is 0. The van der Waals surface area contributed by atoms with Gasteiger partial charge in [0.2, 0.25) is 5.91 Å². The van der Waals surface area contributed by atoms with Gasteiger partial charge < -0.3 is 28.7 Å². The highest BCUT2D eigenvalue weighted by Gasteiger charge is 2.42. The van der Waals surface area contributed by atoms with Gasteiger partial charge in [0.25, 0.3) is 0 Å². The summed E-state index contributed by atoms with van der Waals surface area (Å²) in [4.78, 5) is 45.0. The zero-order valence-electron chi connectivity index (χ0n) is 27.1. The molecule has 3 heterocycles. The van der Waals surface area contributed by atoms with Crippen molar-refractivity contribution in [3.63, 3.8) is 0 Å². The van der Waals surface area contributed by atoms with E-state index in [2.05, 4.69) is 6.07 Å². The van der Waals surface area contributed by atoms with Gasteiger partial charge in [0.05, 0.1) is 31.5 Å². The van der Waals surface area contributed by atoms with E-state index in [9.17, 15) is 14.4 Å². The number of carbonyl (C=O) groups is 3. The van der Waals surface area contributed by atoms with E-state index >= 15 is 0 Å². The zero-order chi connectivity index (χ0) is 31.4. The van der Waals surface area contributed by atoms with Crippen LogP contribution in [0.3, 0.4) is 0 Å². The molecule has 3 aliphatic rings. The van der Waals surface area contributed by atoms with Crippen molar-refractivity contribution in [1.29, 1.82) is 0 Å². The molecule has 10 heteroatoms. The molecule has 0 bridgehead atoms. The number of likely N-dealkylation sites (tertiary alicyclic amines) is 2. The average molecular weight is 602 g/mol. The van der Waals surface area contributed by atoms with E-state index in [-0.39, 0.29) is 36.5 Å². The highest BCUT2D eigenvalue weighted by atomic mass is 16.6. The first-order valence-electron chi connectivity index (χ1n) is 15.8. The Kier molecular flexibility index (Phi) is 10.6. The molecule has 1 aromatic rings. The third kappa shape index (κ3) is 8.85. The lowest BCUT2D eigenvalue weighted by molar-refractivity contribution is -0.133. The number of hydrogen-bond donors (Lipinski definition) is 0. The number of amides is 3. The van der Waals surface area contributed by atoms with Crippen LogP contribution in [0.2, 0.25) is 0 Å². The van der Waals surface area contributed by atoms with Crippen molar-refractivity contribution in [3.8, 4) is 0 Å². The van der Waals surface area contributed by atoms with Crippen molar-refractivity contribution in [1.82, 2.24) is 9.80 Å². The minimum absolute atomic E-state index is 0.0502. The molecule has 2 saturated heterocycles. The van der Waals surface area contributed by atoms with Crippen LogP contribution in [-0.2, 0) is 23.7 Å². The summed E-state index contributed by atoms with van der Waals surface area (Å²) in [5.74, 6) is 0.604. The number of piperidine rings is 1. The summed E-state index contributed by atoms with van der Waals surface area (Å²) in [7, 11) is 0. The smallest absolute Gasteiger partial charge is 0.414 e. The maximum absolute atomic E-state index is 13.5. The molecule has 1 unspecified atom stereocenters. The number of carbonyl (C=O) groups excluding carboxylic acids is 3. The minimum Gasteiger partial charge on any atom is -0.444 e. The van der Waals surface area contributed by atoms with E-state index in [0.29, 0.717) is 58.3 Å². The van der Waals surface area contributed by atoms with Crippen LogP contribution in [0.5, 0.6) is 0 Å². The number of benzene rings is 1. The third-order valence-corrected chi connectivity index (χ3v) is 8.28. The molecule has 2 fully saturated rings. The van der Waals surface area contributed by atoms with Gasteiger partial charge in [-0.1, -0.05) is 18.2 Å². The third-order valence-electron chi connectivity index (χ3n) is 8.28. The Hall–Kier alpha value is -2.85. The summed E-state index contributed by atoms with van der Waals surface area (Å²) >= 11 is 0. The fraction of sp³-hybridized carbons (Fsp3) is 0.727. The first kappa shape index (κ1) is 33.1. The molecule has 4 rings (SSSR count). The Labute approximate surface area is 256 Å². The number of hydrogen-bond acceptors (Lipinski definition) is 7. The van der Waals surface area contributed by atoms with Crippen molar-refractivity contribution in [2.75, 3.05) is 50.9 Å². The molecule has 0 N–H and O–H groups in total. The number of para-hydroxylation sites is 1. The maximum atomic E-state index is 13.5. The van der Waals surface area contributed by atoms with Crippen molar-refractivity contribution >= 4 is 23.8 Å². The van der Waals surface area contributed by atoms with Crippen LogP contribution in [0.25, 0.3) is 0 Å². The SMILES string of the molecule is CCOCCO[C@@H]1C[C@@H](CC(=O)N2CCC(C3CN(C(=O)OC(C)(C)C)c4ccccc43)CC2)N(C(=O)OC(C)(C)C)C1. The van der Waals surface area contributed by atoms with E-state index in [4.69, 9.17) is 18.9 Å². The van der Waals surface area contributed by atoms with Gasteiger partial charge in [0.15, 0.2) is 0 Å². The minimum atomic E-state index is -0.626. The average Bonchev–Trinajstić information content (AvgIpc) is 3.51. The molecule has 3 atom stereocenters. The normalized spacial score (nSPS) is 23.0. The molecule has 3 aliphatic heterocycles. The summed E-state index contributed by atoms with van der Waals surface area (Å²) in [6.07, 6.45) is 1.66. The van der Waals surface area contributed by atoms with E-state index in [1.165, 1.54) is 5.56 Å². The molecule has 0 saturated carbocycles. The second-order valence-corrected chi connectivity index (χ2v) is 13.9. The van der Waals surface area contributed by atoms with Crippen LogP contribution in [-0.4, -0.2) is 97.2 Å². The molecular formula is C33H51N3O7. The predicted molar refractivity (Wildman–Crippen MR) is 164 cm³/mol. The van der Waals surface area contributed by atoms with Crippen molar-refractivity contribution in [3.05, 3.63) is 29.8 Å². The Morgan fingerprint density at radius 1 is 0.884 bits per heavy atom. The van der Waals surface area contributed by atoms with Crippen molar-refractivity contribution in [2.24, 2.45) is 5.92 Å². The second kappa shape index (κ2) is 13.8. The molecular weight excluding hydrogens is 550 g/mol. The topological polar surface area (TPSA) is 97.9 Å². The number of ether oxygens (including phenoxy) is 4. The lowest BCUT2D eigenvalue weighted by Crippen LogP contribution is -2.45. The van der Waals surface area contributed by atoms with E-state index in [1.807, 2.05) is 71.6 Å². The molecule has 43 heavy (non-hydrogen) atoms. The van der Waals surface area contributed by atoms with Crippen molar-refractivity contribution < 1.29 is 33.3 Å². The van der Waals surface area contributed by atoms with E-state index in [1.54, 1.807) is 9.80 Å². The Bertz CT molecular complexity index is 1120. The van der Waals surface area contributed by atoms with E-state index < -0.39 is 17.3 Å². The molecule has 0 spiro atoms. The van der Waals surface area contributed by atoms with Gasteiger partial charge in [-0.2, -0.15) is 0 Å². The summed E-state index contributed by atoms with van der Waals surface area (Å²) in [6.45, 7) is 17.0. The lowest BCUT2D eigenvalue weighted by Gasteiger charge is -2.36. The highest BCUT2D eigenvalue weighted by Crippen LogP contribution is 2.44. The summed E-state index contributed by atoms with van der Waals surface area (Å²) < 4.78 is 22.7. The van der Waals surface area contributed by atoms with Gasteiger partial charge >= 0.3 is 12.2 Å². The van der Waals surface area contributed by atoms with Gasteiger partial charge in [-0.05, 0) is 85.3 Å². The lowest BCUT2D eigenvalue weighted by atomic mass is 9.81. The van der Waals surface area contributed by atoms with Crippen LogP contribution < -0.4 is 4.90 Å². The summed E-state index contributed by atoms with van der Waals surface area (Å²) in [6, 6.07) is 7.80. The highest BCUT2D eigenvalue weighted by molar-refractivity contribution is 5.91. The van der Waals surface area contributed by atoms with Gasteiger partial charge in [-0.15, -0.1) is 0 Å². The predicted octanol–water partition coefficient (Wildman–Crippen LogP) is 5.59. The molecule has 3 amide bonds. The Balaban J connectivity index is 1.35. The quantitative estimate of drug-likeness (QED) is 0.359. The first-order valence-corrected chi connectivity index (χ1v) is 15.8. The number of fused-ring (bicyclic) bond motifs is 1. The number of nitrogens with zero attached hydrogens (tertiary/aromatic N) is 3. The van der Waals surface area contributed by atoms with E-state index in [0.717, 1.165) is 18.5 Å². The Morgan fingerprint density at radius 2 is 1.53 bits per heavy atom. The monoisotopic (exact) mass is 601 g/mol. The first-order chi connectivity index (χ1) is 20.3. The van der Waals surface area contributed by atoms with Gasteiger partial charge in [0, 0.05) is 44.6 Å². The molecule has 1 aromatic carbocycles. The number of rotatable bonds is 8. The second-order valence-electron chi connectivity index (χ2n) is 13.9. The molecule has 10 nitrogen and oxygen atoms in total. The molecule has 240 valence electrons. The fourth-order valence-corrected chi connectivity index (χ4v) is 6.37. The van der Waals surface area contributed by atoms with Crippen LogP contribution in [0, 0.1) is 5.92 Å². The van der Waals surface area contributed by atoms with Crippen LogP contribution in [0.4, 0.5) is 15.3 Å². The van der Waals surface area contributed by atoms with Crippen LogP contribution in [0.1, 0.15) is 85.6 Å².